The fourth-order valence-corrected chi connectivity index (χ4v) is 4.39. The van der Waals surface area contributed by atoms with E-state index in [1.54, 1.807) is 13.3 Å². The summed E-state index contributed by atoms with van der Waals surface area (Å²) in [5.41, 5.74) is 3.14. The number of H-pyrrole nitrogens is 1. The molecule has 0 bridgehead atoms. The first kappa shape index (κ1) is 19.6. The van der Waals surface area contributed by atoms with E-state index in [1.807, 2.05) is 19.1 Å². The summed E-state index contributed by atoms with van der Waals surface area (Å²) < 4.78 is 5.50. The fourth-order valence-electron chi connectivity index (χ4n) is 4.39. The topological polar surface area (TPSA) is 122 Å². The second kappa shape index (κ2) is 8.03. The van der Waals surface area contributed by atoms with Crippen LogP contribution in [-0.2, 0) is 9.53 Å². The van der Waals surface area contributed by atoms with Crippen molar-refractivity contribution in [2.24, 2.45) is 0 Å². The van der Waals surface area contributed by atoms with Crippen molar-refractivity contribution in [3.63, 3.8) is 0 Å². The Hall–Kier alpha value is -3.40. The molecule has 10 nitrogen and oxygen atoms in total. The van der Waals surface area contributed by atoms with Gasteiger partial charge >= 0.3 is 0 Å². The number of methoxy groups -OCH3 is 1. The van der Waals surface area contributed by atoms with Crippen molar-refractivity contribution >= 4 is 17.5 Å². The quantitative estimate of drug-likeness (QED) is 0.660. The zero-order chi connectivity index (χ0) is 21.4. The van der Waals surface area contributed by atoms with Crippen molar-refractivity contribution in [3.8, 4) is 22.8 Å². The van der Waals surface area contributed by atoms with Crippen LogP contribution in [0.5, 0.6) is 0 Å². The number of rotatable bonds is 4. The van der Waals surface area contributed by atoms with Gasteiger partial charge in [-0.1, -0.05) is 0 Å². The second-order valence-corrected chi connectivity index (χ2v) is 7.94. The number of aromatic amines is 1. The highest BCUT2D eigenvalue weighted by molar-refractivity contribution is 5.99. The van der Waals surface area contributed by atoms with Gasteiger partial charge in [0, 0.05) is 24.4 Å². The van der Waals surface area contributed by atoms with Crippen LogP contribution < -0.4 is 10.2 Å². The molecule has 160 valence electrons. The van der Waals surface area contributed by atoms with Crippen molar-refractivity contribution in [2.45, 2.75) is 44.8 Å². The number of aryl methyl sites for hydroxylation is 1. The molecular formula is C21H24N8O2. The van der Waals surface area contributed by atoms with Crippen molar-refractivity contribution < 1.29 is 9.53 Å². The van der Waals surface area contributed by atoms with Crippen LogP contribution >= 0.6 is 0 Å². The molecule has 1 aliphatic heterocycles. The Labute approximate surface area is 179 Å². The molecule has 0 atom stereocenters. The summed E-state index contributed by atoms with van der Waals surface area (Å²) >= 11 is 0. The Morgan fingerprint density at radius 1 is 1.13 bits per heavy atom. The molecule has 1 amide bonds. The van der Waals surface area contributed by atoms with Gasteiger partial charge < -0.3 is 19.9 Å². The van der Waals surface area contributed by atoms with Gasteiger partial charge in [0.15, 0.2) is 17.5 Å². The number of carbonyl (C=O) groups excluding carboxylic acids is 1. The average Bonchev–Trinajstić information content (AvgIpc) is 3.33. The van der Waals surface area contributed by atoms with E-state index in [2.05, 4.69) is 35.4 Å². The van der Waals surface area contributed by atoms with E-state index in [9.17, 15) is 4.79 Å². The van der Waals surface area contributed by atoms with Gasteiger partial charge in [-0.15, -0.1) is 10.2 Å². The van der Waals surface area contributed by atoms with Crippen LogP contribution in [0.3, 0.4) is 0 Å². The van der Waals surface area contributed by atoms with Crippen molar-refractivity contribution in [1.82, 2.24) is 30.1 Å². The minimum Gasteiger partial charge on any atom is -0.381 e. The molecule has 0 radical (unpaired) electrons. The largest absolute Gasteiger partial charge is 0.381 e. The zero-order valence-corrected chi connectivity index (χ0v) is 17.5. The van der Waals surface area contributed by atoms with E-state index in [-0.39, 0.29) is 18.5 Å². The van der Waals surface area contributed by atoms with Gasteiger partial charge in [0.2, 0.25) is 5.91 Å². The first-order chi connectivity index (χ1) is 15.1. The average molecular weight is 420 g/mol. The van der Waals surface area contributed by atoms with Gasteiger partial charge in [-0.2, -0.15) is 0 Å². The van der Waals surface area contributed by atoms with Gasteiger partial charge in [0.25, 0.3) is 0 Å². The normalized spacial score (nSPS) is 21.0. The van der Waals surface area contributed by atoms with Crippen LogP contribution in [0.25, 0.3) is 22.8 Å². The number of carbonyl (C=O) groups is 1. The smallest absolute Gasteiger partial charge is 0.245 e. The molecule has 1 aliphatic carbocycles. The molecular weight excluding hydrogens is 396 g/mol. The highest BCUT2D eigenvalue weighted by Crippen LogP contribution is 2.35. The maximum atomic E-state index is 12.3. The molecule has 5 rings (SSSR count). The van der Waals surface area contributed by atoms with E-state index in [4.69, 9.17) is 9.72 Å². The standard InChI is InChI=1S/C21H24N8O2/c1-12-15(7-8-16(25-12)19-23-11-24-28-19)17-9-22-20-21(26-17)29(10-18(30)27-20)13-3-5-14(31-2)6-4-13/h7-9,11,13-14H,3-6,10H2,1-2H3,(H,22,27,30)(H,23,24,28)/t13-,14+. The van der Waals surface area contributed by atoms with Gasteiger partial charge in [-0.05, 0) is 44.7 Å². The van der Waals surface area contributed by atoms with E-state index < -0.39 is 0 Å². The minimum absolute atomic E-state index is 0.0577. The number of nitrogens with one attached hydrogen (secondary N) is 2. The molecule has 1 fully saturated rings. The first-order valence-electron chi connectivity index (χ1n) is 10.4. The van der Waals surface area contributed by atoms with Gasteiger partial charge in [-0.3, -0.25) is 4.79 Å². The summed E-state index contributed by atoms with van der Waals surface area (Å²) in [5.74, 6) is 1.79. The van der Waals surface area contributed by atoms with Gasteiger partial charge in [0.05, 0.1) is 24.5 Å². The number of fused-ring (bicyclic) bond motifs is 1. The van der Waals surface area contributed by atoms with Crippen LogP contribution in [0.1, 0.15) is 31.4 Å². The molecule has 3 aromatic heterocycles. The second-order valence-electron chi connectivity index (χ2n) is 7.94. The predicted octanol–water partition coefficient (Wildman–Crippen LogP) is 2.35. The lowest BCUT2D eigenvalue weighted by molar-refractivity contribution is -0.115. The molecule has 3 aromatic rings. The van der Waals surface area contributed by atoms with Gasteiger partial charge in [0.1, 0.15) is 12.0 Å². The van der Waals surface area contributed by atoms with E-state index in [1.165, 1.54) is 6.33 Å². The molecule has 0 aromatic carbocycles. The molecule has 1 saturated carbocycles. The number of amides is 1. The van der Waals surface area contributed by atoms with E-state index in [0.717, 1.165) is 48.5 Å². The fraction of sp³-hybridized carbons (Fsp3) is 0.429. The van der Waals surface area contributed by atoms with Crippen LogP contribution in [0.15, 0.2) is 24.7 Å². The molecule has 0 saturated heterocycles. The third-order valence-corrected chi connectivity index (χ3v) is 6.04. The summed E-state index contributed by atoms with van der Waals surface area (Å²) in [7, 11) is 1.76. The van der Waals surface area contributed by atoms with Crippen LogP contribution in [0.4, 0.5) is 11.6 Å². The van der Waals surface area contributed by atoms with E-state index in [0.29, 0.717) is 23.4 Å². The Bertz CT molecular complexity index is 1090. The Morgan fingerprint density at radius 3 is 2.68 bits per heavy atom. The number of hydrogen-bond acceptors (Lipinski definition) is 8. The lowest BCUT2D eigenvalue weighted by atomic mass is 9.91. The Kier molecular flexibility index (Phi) is 5.06. The third-order valence-electron chi connectivity index (χ3n) is 6.04. The number of aromatic nitrogens is 6. The molecule has 0 spiro atoms. The molecule has 2 N–H and O–H groups in total. The zero-order valence-electron chi connectivity index (χ0n) is 17.5. The van der Waals surface area contributed by atoms with Crippen molar-refractivity contribution in [3.05, 3.63) is 30.4 Å². The molecule has 31 heavy (non-hydrogen) atoms. The number of ether oxygens (including phenoxy) is 1. The number of pyridine rings is 1. The van der Waals surface area contributed by atoms with Crippen molar-refractivity contribution in [1.29, 1.82) is 0 Å². The highest BCUT2D eigenvalue weighted by Gasteiger charge is 2.33. The Morgan fingerprint density at radius 2 is 1.97 bits per heavy atom. The van der Waals surface area contributed by atoms with Crippen LogP contribution in [0.2, 0.25) is 0 Å². The maximum absolute atomic E-state index is 12.3. The molecule has 10 heteroatoms. The number of anilines is 2. The lowest BCUT2D eigenvalue weighted by Crippen LogP contribution is -2.47. The molecule has 2 aliphatic rings. The molecule has 0 unspecified atom stereocenters. The minimum atomic E-state index is -0.0577. The summed E-state index contributed by atoms with van der Waals surface area (Å²) in [5, 5.41) is 10.7. The lowest BCUT2D eigenvalue weighted by Gasteiger charge is -2.39. The van der Waals surface area contributed by atoms with Crippen LogP contribution in [0, 0.1) is 6.92 Å². The maximum Gasteiger partial charge on any atom is 0.245 e. The predicted molar refractivity (Wildman–Crippen MR) is 114 cm³/mol. The summed E-state index contributed by atoms with van der Waals surface area (Å²) in [6.45, 7) is 2.22. The first-order valence-corrected chi connectivity index (χ1v) is 10.4. The number of hydrogen-bond donors (Lipinski definition) is 2. The monoisotopic (exact) mass is 420 g/mol. The van der Waals surface area contributed by atoms with Crippen LogP contribution in [-0.4, -0.2) is 61.8 Å². The van der Waals surface area contributed by atoms with Crippen molar-refractivity contribution in [2.75, 3.05) is 23.9 Å². The summed E-state index contributed by atoms with van der Waals surface area (Å²) in [6.07, 6.45) is 7.39. The third kappa shape index (κ3) is 3.74. The number of nitrogens with zero attached hydrogens (tertiary/aromatic N) is 6. The summed E-state index contributed by atoms with van der Waals surface area (Å²) in [4.78, 5) is 31.4. The highest BCUT2D eigenvalue weighted by atomic mass is 16.5. The Balaban J connectivity index is 1.47. The van der Waals surface area contributed by atoms with E-state index >= 15 is 0 Å². The summed E-state index contributed by atoms with van der Waals surface area (Å²) in [6, 6.07) is 4.09. The molecule has 4 heterocycles. The SMILES string of the molecule is CO[C@H]1CC[C@@H](N2CC(=O)Nc3ncc(-c4ccc(-c5nnc[nH]5)nc4C)nc32)CC1. The van der Waals surface area contributed by atoms with Gasteiger partial charge in [-0.25, -0.2) is 15.0 Å².